The van der Waals surface area contributed by atoms with Crippen LogP contribution < -0.4 is 10.2 Å². The Morgan fingerprint density at radius 1 is 1.18 bits per heavy atom. The van der Waals surface area contributed by atoms with Gasteiger partial charge in [-0.2, -0.15) is 0 Å². The molecular formula is C25H31F2N3O3. The highest BCUT2D eigenvalue weighted by Crippen LogP contribution is 2.29. The lowest BCUT2D eigenvalue weighted by Gasteiger charge is -2.20. The smallest absolute Gasteiger partial charge is 0.414 e. The summed E-state index contributed by atoms with van der Waals surface area (Å²) in [6.45, 7) is 5.69. The predicted octanol–water partition coefficient (Wildman–Crippen LogP) is 4.18. The van der Waals surface area contributed by atoms with Crippen LogP contribution >= 0.6 is 0 Å². The van der Waals surface area contributed by atoms with Crippen molar-refractivity contribution in [3.63, 3.8) is 0 Å². The molecule has 1 saturated heterocycles. The Balaban J connectivity index is 1.64. The van der Waals surface area contributed by atoms with E-state index in [1.54, 1.807) is 12.1 Å². The lowest BCUT2D eigenvalue weighted by atomic mass is 10.0. The van der Waals surface area contributed by atoms with E-state index in [0.29, 0.717) is 17.8 Å². The second-order valence-electron chi connectivity index (χ2n) is 8.20. The van der Waals surface area contributed by atoms with Gasteiger partial charge < -0.3 is 15.0 Å². The molecule has 1 N–H and O–H groups in total. The van der Waals surface area contributed by atoms with Crippen LogP contribution in [-0.4, -0.2) is 62.4 Å². The fraction of sp³-hybridized carbons (Fsp3) is 0.440. The predicted molar refractivity (Wildman–Crippen MR) is 125 cm³/mol. The number of ether oxygens (including phenoxy) is 1. The highest BCUT2D eigenvalue weighted by atomic mass is 19.1. The van der Waals surface area contributed by atoms with Crippen LogP contribution in [0.4, 0.5) is 19.3 Å². The first kappa shape index (κ1) is 24.6. The molecule has 0 aromatic heterocycles. The minimum Gasteiger partial charge on any atom is -0.442 e. The van der Waals surface area contributed by atoms with Crippen molar-refractivity contribution in [1.29, 1.82) is 0 Å². The minimum atomic E-state index is -0.563. The summed E-state index contributed by atoms with van der Waals surface area (Å²) in [5.74, 6) is -0.639. The number of nitrogens with zero attached hydrogens (tertiary/aromatic N) is 2. The fourth-order valence-electron chi connectivity index (χ4n) is 3.91. The van der Waals surface area contributed by atoms with Crippen LogP contribution in [0.1, 0.15) is 25.8 Å². The molecule has 33 heavy (non-hydrogen) atoms. The number of rotatable bonds is 11. The Morgan fingerprint density at radius 3 is 2.58 bits per heavy atom. The number of hydrogen-bond acceptors (Lipinski definition) is 4. The quantitative estimate of drug-likeness (QED) is 0.548. The largest absolute Gasteiger partial charge is 0.442 e. The highest BCUT2D eigenvalue weighted by Gasteiger charge is 2.32. The third-order valence-corrected chi connectivity index (χ3v) is 5.64. The lowest BCUT2D eigenvalue weighted by Crippen LogP contribution is -2.33. The summed E-state index contributed by atoms with van der Waals surface area (Å²) >= 11 is 0. The first-order chi connectivity index (χ1) is 15.9. The van der Waals surface area contributed by atoms with E-state index in [1.807, 2.05) is 24.3 Å². The summed E-state index contributed by atoms with van der Waals surface area (Å²) < 4.78 is 32.8. The van der Waals surface area contributed by atoms with Crippen molar-refractivity contribution in [2.45, 2.75) is 32.8 Å². The van der Waals surface area contributed by atoms with Gasteiger partial charge in [0.15, 0.2) is 0 Å². The first-order valence-electron chi connectivity index (χ1n) is 11.3. The van der Waals surface area contributed by atoms with Gasteiger partial charge in [-0.15, -0.1) is 0 Å². The van der Waals surface area contributed by atoms with Crippen LogP contribution in [-0.2, 0) is 16.0 Å². The topological polar surface area (TPSA) is 61.9 Å². The Bertz CT molecular complexity index is 946. The maximum atomic E-state index is 14.9. The number of nitrogens with one attached hydrogen (secondary N) is 1. The second-order valence-corrected chi connectivity index (χ2v) is 8.20. The van der Waals surface area contributed by atoms with Gasteiger partial charge in [-0.05, 0) is 48.7 Å². The highest BCUT2D eigenvalue weighted by molar-refractivity contribution is 5.90. The number of hydrogen-bond donors (Lipinski definition) is 1. The van der Waals surface area contributed by atoms with Crippen molar-refractivity contribution in [3.05, 3.63) is 53.8 Å². The third-order valence-electron chi connectivity index (χ3n) is 5.64. The van der Waals surface area contributed by atoms with E-state index in [4.69, 9.17) is 4.74 Å². The number of carbonyl (C=O) groups excluding carboxylic acids is 2. The Labute approximate surface area is 193 Å². The van der Waals surface area contributed by atoms with Crippen molar-refractivity contribution in [3.8, 4) is 11.1 Å². The molecule has 2 aromatic rings. The molecule has 1 aliphatic rings. The zero-order chi connectivity index (χ0) is 23.8. The molecule has 0 radical (unpaired) electrons. The average Bonchev–Trinajstić information content (AvgIpc) is 3.17. The Kier molecular flexibility index (Phi) is 8.77. The van der Waals surface area contributed by atoms with Crippen LogP contribution in [0.2, 0.25) is 0 Å². The van der Waals surface area contributed by atoms with Crippen LogP contribution in [0.15, 0.2) is 42.5 Å². The molecule has 6 nitrogen and oxygen atoms in total. The number of cyclic esters (lactones) is 1. The standard InChI is InChI=1S/C25H31F2N3O3/c1-3-12-29(14-11-26)13-10-19-4-6-20(7-5-19)23-9-8-21(15-24(23)27)30-17-22(33-25(30)32)16-28-18(2)31/h4-9,15,22H,3,10-14,16-17H2,1-2H3,(H,28,31). The molecule has 0 bridgehead atoms. The van der Waals surface area contributed by atoms with Gasteiger partial charge in [0.25, 0.3) is 0 Å². The van der Waals surface area contributed by atoms with Gasteiger partial charge in [-0.1, -0.05) is 31.2 Å². The summed E-state index contributed by atoms with van der Waals surface area (Å²) in [6, 6.07) is 12.3. The van der Waals surface area contributed by atoms with Crippen LogP contribution in [0.25, 0.3) is 11.1 Å². The van der Waals surface area contributed by atoms with Gasteiger partial charge in [0.2, 0.25) is 5.91 Å². The molecule has 0 saturated carbocycles. The van der Waals surface area contributed by atoms with Crippen molar-refractivity contribution in [1.82, 2.24) is 10.2 Å². The average molecular weight is 460 g/mol. The molecule has 0 spiro atoms. The summed E-state index contributed by atoms with van der Waals surface area (Å²) in [4.78, 5) is 26.7. The lowest BCUT2D eigenvalue weighted by molar-refractivity contribution is -0.119. The van der Waals surface area contributed by atoms with Gasteiger partial charge in [0.05, 0.1) is 18.8 Å². The van der Waals surface area contributed by atoms with E-state index < -0.39 is 18.0 Å². The molecule has 0 aliphatic carbocycles. The molecule has 2 amide bonds. The third kappa shape index (κ3) is 6.74. The van der Waals surface area contributed by atoms with Crippen molar-refractivity contribution < 1.29 is 23.1 Å². The number of carbonyl (C=O) groups is 2. The van der Waals surface area contributed by atoms with E-state index in [9.17, 15) is 18.4 Å². The molecular weight excluding hydrogens is 428 g/mol. The van der Waals surface area contributed by atoms with E-state index in [-0.39, 0.29) is 25.7 Å². The molecule has 1 heterocycles. The monoisotopic (exact) mass is 459 g/mol. The fourth-order valence-corrected chi connectivity index (χ4v) is 3.91. The summed E-state index contributed by atoms with van der Waals surface area (Å²) in [6.07, 6.45) is 0.749. The van der Waals surface area contributed by atoms with E-state index in [2.05, 4.69) is 17.1 Å². The summed E-state index contributed by atoms with van der Waals surface area (Å²) in [5, 5.41) is 2.62. The summed E-state index contributed by atoms with van der Waals surface area (Å²) in [7, 11) is 0. The van der Waals surface area contributed by atoms with Crippen LogP contribution in [0, 0.1) is 5.82 Å². The van der Waals surface area contributed by atoms with E-state index in [0.717, 1.165) is 37.1 Å². The van der Waals surface area contributed by atoms with E-state index >= 15 is 0 Å². The molecule has 1 atom stereocenters. The summed E-state index contributed by atoms with van der Waals surface area (Å²) in [5.41, 5.74) is 2.70. The normalized spacial score (nSPS) is 15.7. The second kappa shape index (κ2) is 11.7. The molecule has 2 aromatic carbocycles. The first-order valence-corrected chi connectivity index (χ1v) is 11.3. The van der Waals surface area contributed by atoms with Crippen molar-refractivity contribution >= 4 is 17.7 Å². The van der Waals surface area contributed by atoms with Gasteiger partial charge in [-0.3, -0.25) is 9.69 Å². The van der Waals surface area contributed by atoms with Gasteiger partial charge in [-0.25, -0.2) is 13.6 Å². The molecule has 1 unspecified atom stereocenters. The van der Waals surface area contributed by atoms with Gasteiger partial charge in [0.1, 0.15) is 18.6 Å². The number of benzene rings is 2. The Morgan fingerprint density at radius 2 is 1.94 bits per heavy atom. The number of anilines is 1. The number of amides is 2. The zero-order valence-corrected chi connectivity index (χ0v) is 19.2. The Hall–Kier alpha value is -3.00. The molecule has 178 valence electrons. The molecule has 1 fully saturated rings. The number of halogens is 2. The minimum absolute atomic E-state index is 0.205. The number of alkyl halides is 1. The van der Waals surface area contributed by atoms with E-state index in [1.165, 1.54) is 17.9 Å². The van der Waals surface area contributed by atoms with Crippen molar-refractivity contribution in [2.24, 2.45) is 0 Å². The molecule has 1 aliphatic heterocycles. The van der Waals surface area contributed by atoms with Crippen molar-refractivity contribution in [2.75, 3.05) is 44.3 Å². The van der Waals surface area contributed by atoms with Gasteiger partial charge >= 0.3 is 6.09 Å². The molecule has 3 rings (SSSR count). The SMILES string of the molecule is CCCN(CCF)CCc1ccc(-c2ccc(N3CC(CNC(C)=O)OC3=O)cc2F)cc1. The molecule has 8 heteroatoms. The maximum absolute atomic E-state index is 14.9. The maximum Gasteiger partial charge on any atom is 0.414 e. The van der Waals surface area contributed by atoms with Crippen LogP contribution in [0.3, 0.4) is 0 Å². The van der Waals surface area contributed by atoms with Gasteiger partial charge in [0, 0.05) is 25.6 Å². The van der Waals surface area contributed by atoms with Crippen LogP contribution in [0.5, 0.6) is 0 Å². The zero-order valence-electron chi connectivity index (χ0n) is 19.2.